The van der Waals surface area contributed by atoms with Crippen molar-refractivity contribution in [3.05, 3.63) is 63.7 Å². The minimum Gasteiger partial charge on any atom is -0.279 e. The summed E-state index contributed by atoms with van der Waals surface area (Å²) in [7, 11) is 0. The third-order valence-corrected chi connectivity index (χ3v) is 5.93. The number of hydrogen-bond acceptors (Lipinski definition) is 5. The van der Waals surface area contributed by atoms with Crippen LogP contribution in [0.5, 0.6) is 0 Å². The molecule has 0 N–H and O–H groups in total. The Balaban J connectivity index is 1.82. The zero-order chi connectivity index (χ0) is 24.4. The van der Waals surface area contributed by atoms with Gasteiger partial charge in [-0.3, -0.25) is 14.7 Å². The van der Waals surface area contributed by atoms with Crippen LogP contribution in [0.15, 0.2) is 29.4 Å². The second-order valence-electron chi connectivity index (χ2n) is 7.76. The summed E-state index contributed by atoms with van der Waals surface area (Å²) < 4.78 is 71.5. The minimum absolute atomic E-state index is 0.0436. The lowest BCUT2D eigenvalue weighted by Crippen LogP contribution is -2.25. The van der Waals surface area contributed by atoms with Crippen LogP contribution in [0.4, 0.5) is 27.9 Å². The van der Waals surface area contributed by atoms with Crippen molar-refractivity contribution < 1.29 is 26.7 Å². The molecule has 0 aliphatic carbocycles. The number of anilines is 1. The monoisotopic (exact) mass is 496 g/mol. The number of amides is 1. The van der Waals surface area contributed by atoms with E-state index < -0.39 is 51.4 Å². The number of aromatic nitrogens is 4. The second-order valence-corrected chi connectivity index (χ2v) is 8.14. The number of aliphatic imine (C=N–C) groups is 1. The Morgan fingerprint density at radius 1 is 1.15 bits per heavy atom. The molecule has 13 heteroatoms. The topological polar surface area (TPSA) is 76.3 Å². The van der Waals surface area contributed by atoms with Crippen molar-refractivity contribution >= 4 is 29.2 Å². The number of carbonyl (C=O) groups is 1. The van der Waals surface area contributed by atoms with E-state index in [1.807, 2.05) is 0 Å². The summed E-state index contributed by atoms with van der Waals surface area (Å²) in [6.07, 6.45) is -3.18. The van der Waals surface area contributed by atoms with E-state index in [4.69, 9.17) is 11.6 Å². The van der Waals surface area contributed by atoms with Gasteiger partial charge in [0, 0.05) is 18.5 Å². The highest BCUT2D eigenvalue weighted by molar-refractivity contribution is 6.37. The molecule has 34 heavy (non-hydrogen) atoms. The van der Waals surface area contributed by atoms with Gasteiger partial charge in [0.2, 0.25) is 5.91 Å². The van der Waals surface area contributed by atoms with Crippen LogP contribution in [0.1, 0.15) is 48.5 Å². The van der Waals surface area contributed by atoms with Gasteiger partial charge >= 0.3 is 6.18 Å². The van der Waals surface area contributed by atoms with Gasteiger partial charge in [0.15, 0.2) is 11.5 Å². The molecule has 0 bridgehead atoms. The van der Waals surface area contributed by atoms with Crippen molar-refractivity contribution in [2.75, 3.05) is 11.4 Å². The average molecular weight is 497 g/mol. The van der Waals surface area contributed by atoms with Crippen LogP contribution in [-0.2, 0) is 11.0 Å². The van der Waals surface area contributed by atoms with Gasteiger partial charge in [0.05, 0.1) is 28.2 Å². The van der Waals surface area contributed by atoms with Crippen LogP contribution in [0.3, 0.4) is 0 Å². The summed E-state index contributed by atoms with van der Waals surface area (Å²) in [4.78, 5) is 25.7. The molecule has 1 amide bonds. The lowest BCUT2D eigenvalue weighted by atomic mass is 9.99. The molecule has 0 spiro atoms. The smallest absolute Gasteiger partial charge is 0.279 e. The predicted molar refractivity (Wildman–Crippen MR) is 111 cm³/mol. The van der Waals surface area contributed by atoms with Gasteiger partial charge < -0.3 is 0 Å². The van der Waals surface area contributed by atoms with E-state index in [-0.39, 0.29) is 23.4 Å². The van der Waals surface area contributed by atoms with E-state index in [0.717, 1.165) is 29.1 Å². The van der Waals surface area contributed by atoms with E-state index in [0.29, 0.717) is 19.4 Å². The number of hydrogen-bond donors (Lipinski definition) is 0. The molecule has 3 aromatic rings. The first-order valence-corrected chi connectivity index (χ1v) is 10.5. The summed E-state index contributed by atoms with van der Waals surface area (Å²) in [5.74, 6) is -2.08. The number of rotatable bonds is 2. The molecular weight excluding hydrogens is 483 g/mol. The first kappa shape index (κ1) is 22.4. The Morgan fingerprint density at radius 2 is 1.85 bits per heavy atom. The zero-order valence-electron chi connectivity index (χ0n) is 17.4. The Kier molecular flexibility index (Phi) is 5.15. The number of nitrogens with zero attached hydrogens (tertiary/aromatic N) is 6. The number of benzene rings is 1. The van der Waals surface area contributed by atoms with E-state index in [1.54, 1.807) is 0 Å². The summed E-state index contributed by atoms with van der Waals surface area (Å²) in [5, 5.41) is 3.42. The maximum Gasteiger partial charge on any atom is 0.434 e. The summed E-state index contributed by atoms with van der Waals surface area (Å²) in [5.41, 5.74) is -3.02. The van der Waals surface area contributed by atoms with Crippen molar-refractivity contribution in [1.82, 2.24) is 19.7 Å². The lowest BCUT2D eigenvalue weighted by molar-refractivity contribution is -0.141. The molecule has 7 nitrogen and oxygen atoms in total. The van der Waals surface area contributed by atoms with E-state index in [9.17, 15) is 26.7 Å². The highest BCUT2D eigenvalue weighted by Gasteiger charge is 2.40. The van der Waals surface area contributed by atoms with Crippen molar-refractivity contribution in [3.63, 3.8) is 0 Å². The third kappa shape index (κ3) is 3.44. The van der Waals surface area contributed by atoms with Gasteiger partial charge in [0.25, 0.3) is 5.95 Å². The van der Waals surface area contributed by atoms with Crippen molar-refractivity contribution in [3.8, 4) is 5.69 Å². The van der Waals surface area contributed by atoms with Gasteiger partial charge in [-0.2, -0.15) is 18.2 Å². The third-order valence-electron chi connectivity index (χ3n) is 5.56. The first-order valence-electron chi connectivity index (χ1n) is 10.1. The van der Waals surface area contributed by atoms with Gasteiger partial charge in [-0.15, -0.1) is 5.10 Å². The number of pyridine rings is 1. The molecule has 5 rings (SSSR count). The van der Waals surface area contributed by atoms with Gasteiger partial charge in [-0.25, -0.2) is 18.4 Å². The van der Waals surface area contributed by atoms with Crippen molar-refractivity contribution in [2.45, 2.75) is 32.0 Å². The van der Waals surface area contributed by atoms with Crippen LogP contribution in [0, 0.1) is 11.6 Å². The van der Waals surface area contributed by atoms with Crippen LogP contribution in [0.2, 0.25) is 5.02 Å². The Labute approximate surface area is 193 Å². The van der Waals surface area contributed by atoms with Crippen LogP contribution < -0.4 is 4.90 Å². The van der Waals surface area contributed by atoms with Crippen molar-refractivity contribution in [1.29, 1.82) is 0 Å². The maximum atomic E-state index is 14.7. The Morgan fingerprint density at radius 3 is 2.47 bits per heavy atom. The Hall–Kier alpha value is -3.41. The van der Waals surface area contributed by atoms with Crippen LogP contribution in [0.25, 0.3) is 5.69 Å². The summed E-state index contributed by atoms with van der Waals surface area (Å²) >= 11 is 6.17. The fraction of sp³-hybridized carbons (Fsp3) is 0.286. The fourth-order valence-electron chi connectivity index (χ4n) is 4.03. The molecule has 0 saturated carbocycles. The minimum atomic E-state index is -4.94. The molecule has 2 aliphatic rings. The van der Waals surface area contributed by atoms with Gasteiger partial charge in [0.1, 0.15) is 17.7 Å². The predicted octanol–water partition coefficient (Wildman–Crippen LogP) is 4.65. The SMILES string of the molecule is C[C@@H]1N=C(c2c(F)cccc2F)c2c(cnc(C(F)(F)F)c2Cl)-n2nc(N3CCCC3=O)nc21. The molecule has 1 fully saturated rings. The second kappa shape index (κ2) is 7.83. The zero-order valence-corrected chi connectivity index (χ0v) is 18.1. The molecule has 1 atom stereocenters. The van der Waals surface area contributed by atoms with Crippen LogP contribution in [-0.4, -0.2) is 37.9 Å². The quantitative estimate of drug-likeness (QED) is 0.484. The molecule has 2 aliphatic heterocycles. The normalized spacial score (nSPS) is 18.0. The molecule has 1 aromatic carbocycles. The summed E-state index contributed by atoms with van der Waals surface area (Å²) in [6.45, 7) is 1.91. The number of carbonyl (C=O) groups excluding carboxylic acids is 1. The molecule has 2 aromatic heterocycles. The van der Waals surface area contributed by atoms with Crippen molar-refractivity contribution in [2.24, 2.45) is 4.99 Å². The molecule has 4 heterocycles. The van der Waals surface area contributed by atoms with E-state index >= 15 is 0 Å². The highest BCUT2D eigenvalue weighted by Crippen LogP contribution is 2.41. The molecule has 0 unspecified atom stereocenters. The number of alkyl halides is 3. The molecule has 1 saturated heterocycles. The standard InChI is InChI=1S/C21H14ClF5N6O/c1-9-19-30-20(32-7-3-6-13(32)34)31-33(19)12-8-28-18(21(25,26)27)16(22)15(12)17(29-9)14-10(23)4-2-5-11(14)24/h2,4-5,8-9H,3,6-7H2,1H3/t9-/m0/s1. The van der Waals surface area contributed by atoms with E-state index in [2.05, 4.69) is 20.1 Å². The van der Waals surface area contributed by atoms with E-state index in [1.165, 1.54) is 11.8 Å². The summed E-state index contributed by atoms with van der Waals surface area (Å²) in [6, 6.07) is 2.13. The average Bonchev–Trinajstić information content (AvgIpc) is 3.35. The molecular formula is C21H14ClF5N6O. The highest BCUT2D eigenvalue weighted by atomic mass is 35.5. The van der Waals surface area contributed by atoms with Crippen LogP contribution >= 0.6 is 11.6 Å². The lowest BCUT2D eigenvalue weighted by Gasteiger charge is -2.17. The number of halogens is 6. The molecule has 176 valence electrons. The number of fused-ring (bicyclic) bond motifs is 3. The van der Waals surface area contributed by atoms with Gasteiger partial charge in [-0.05, 0) is 25.5 Å². The van der Waals surface area contributed by atoms with Gasteiger partial charge in [-0.1, -0.05) is 17.7 Å². The molecule has 0 radical (unpaired) electrons. The largest absolute Gasteiger partial charge is 0.434 e. The fourth-order valence-corrected chi connectivity index (χ4v) is 4.37. The Bertz CT molecular complexity index is 1350. The maximum absolute atomic E-state index is 14.7. The first-order chi connectivity index (χ1) is 16.1.